The van der Waals surface area contributed by atoms with Crippen LogP contribution in [0.3, 0.4) is 0 Å². The first-order chi connectivity index (χ1) is 9.26. The lowest BCUT2D eigenvalue weighted by Gasteiger charge is -2.14. The van der Waals surface area contributed by atoms with Crippen LogP contribution >= 0.6 is 0 Å². The van der Waals surface area contributed by atoms with Gasteiger partial charge in [-0.3, -0.25) is 4.99 Å². The number of hydrogen-bond acceptors (Lipinski definition) is 2. The molecule has 0 bridgehead atoms. The van der Waals surface area contributed by atoms with Gasteiger partial charge in [0, 0.05) is 19.2 Å². The Morgan fingerprint density at radius 1 is 0.895 bits per heavy atom. The third-order valence-corrected chi connectivity index (χ3v) is 3.75. The number of aliphatic imine (C=N–C) groups is 1. The molecule has 0 amide bonds. The molecule has 0 fully saturated rings. The van der Waals surface area contributed by atoms with Gasteiger partial charge in [0.05, 0.1) is 5.71 Å². The third-order valence-electron chi connectivity index (χ3n) is 3.75. The predicted octanol–water partition coefficient (Wildman–Crippen LogP) is 5.65. The maximum absolute atomic E-state index is 7.99. The molecule has 0 heterocycles. The van der Waals surface area contributed by atoms with Gasteiger partial charge in [-0.2, -0.15) is 0 Å². The number of nitrogens with one attached hydrogen (secondary N) is 1. The highest BCUT2D eigenvalue weighted by Gasteiger charge is 2.11. The van der Waals surface area contributed by atoms with Gasteiger partial charge in [0.25, 0.3) is 0 Å². The van der Waals surface area contributed by atoms with Crippen LogP contribution in [-0.4, -0.2) is 19.0 Å². The summed E-state index contributed by atoms with van der Waals surface area (Å²) in [7, 11) is 1.76. The highest BCUT2D eigenvalue weighted by Crippen LogP contribution is 2.17. The molecule has 0 aliphatic heterocycles. The van der Waals surface area contributed by atoms with E-state index in [-0.39, 0.29) is 0 Å². The monoisotopic (exact) mass is 266 g/mol. The summed E-state index contributed by atoms with van der Waals surface area (Å²) in [4.78, 5) is 3.98. The van der Waals surface area contributed by atoms with Gasteiger partial charge in [0.15, 0.2) is 0 Å². The summed E-state index contributed by atoms with van der Waals surface area (Å²) in [6.45, 7) is 4.47. The largest absolute Gasteiger partial charge is 0.303 e. The van der Waals surface area contributed by atoms with Crippen LogP contribution in [0.4, 0.5) is 0 Å². The van der Waals surface area contributed by atoms with E-state index in [9.17, 15) is 0 Å². The molecule has 19 heavy (non-hydrogen) atoms. The average molecular weight is 266 g/mol. The minimum Gasteiger partial charge on any atom is -0.303 e. The van der Waals surface area contributed by atoms with Crippen molar-refractivity contribution in [3.05, 3.63) is 0 Å². The molecule has 0 saturated heterocycles. The number of rotatable bonds is 13. The van der Waals surface area contributed by atoms with E-state index in [2.05, 4.69) is 18.8 Å². The highest BCUT2D eigenvalue weighted by molar-refractivity contribution is 6.29. The lowest BCUT2D eigenvalue weighted by atomic mass is 9.92. The van der Waals surface area contributed by atoms with Gasteiger partial charge < -0.3 is 5.41 Å². The van der Waals surface area contributed by atoms with E-state index in [4.69, 9.17) is 5.41 Å². The molecular formula is C17H34N2. The van der Waals surface area contributed by atoms with Crippen molar-refractivity contribution in [1.82, 2.24) is 0 Å². The summed E-state index contributed by atoms with van der Waals surface area (Å²) in [5.74, 6) is 0.439. The fourth-order valence-electron chi connectivity index (χ4n) is 2.57. The quantitative estimate of drug-likeness (QED) is 0.330. The number of nitrogens with zero attached hydrogens (tertiary/aromatic N) is 1. The Morgan fingerprint density at radius 2 is 1.47 bits per heavy atom. The summed E-state index contributed by atoms with van der Waals surface area (Å²) >= 11 is 0. The van der Waals surface area contributed by atoms with Crippen LogP contribution in [-0.2, 0) is 0 Å². The van der Waals surface area contributed by atoms with Crippen molar-refractivity contribution in [3.8, 4) is 0 Å². The second-order valence-electron chi connectivity index (χ2n) is 5.59. The summed E-state index contributed by atoms with van der Waals surface area (Å²) in [5, 5.41) is 7.99. The second-order valence-corrected chi connectivity index (χ2v) is 5.59. The molecule has 1 atom stereocenters. The summed E-state index contributed by atoms with van der Waals surface area (Å²) in [6, 6.07) is 0. The van der Waals surface area contributed by atoms with E-state index in [0.717, 1.165) is 12.1 Å². The Kier molecular flexibility index (Phi) is 13.3. The molecule has 0 aromatic carbocycles. The van der Waals surface area contributed by atoms with Crippen LogP contribution in [0.5, 0.6) is 0 Å². The zero-order chi connectivity index (χ0) is 14.3. The molecule has 0 saturated carbocycles. The van der Waals surface area contributed by atoms with Gasteiger partial charge in [0.1, 0.15) is 0 Å². The zero-order valence-electron chi connectivity index (χ0n) is 13.4. The zero-order valence-corrected chi connectivity index (χ0v) is 13.4. The van der Waals surface area contributed by atoms with Crippen molar-refractivity contribution < 1.29 is 0 Å². The topological polar surface area (TPSA) is 36.2 Å². The Bertz CT molecular complexity index is 233. The average Bonchev–Trinajstić information content (AvgIpc) is 2.40. The van der Waals surface area contributed by atoms with Crippen LogP contribution in [0.25, 0.3) is 0 Å². The molecule has 0 spiro atoms. The van der Waals surface area contributed by atoms with Crippen LogP contribution in [0.1, 0.15) is 84.5 Å². The minimum absolute atomic E-state index is 0.439. The molecule has 1 N–H and O–H groups in total. The molecule has 0 radical (unpaired) electrons. The molecule has 0 rings (SSSR count). The predicted molar refractivity (Wildman–Crippen MR) is 87.8 cm³/mol. The van der Waals surface area contributed by atoms with Gasteiger partial charge >= 0.3 is 0 Å². The second kappa shape index (κ2) is 13.8. The summed E-state index contributed by atoms with van der Waals surface area (Å²) < 4.78 is 0. The smallest absolute Gasteiger partial charge is 0.0522 e. The van der Waals surface area contributed by atoms with Gasteiger partial charge in [0.2, 0.25) is 0 Å². The molecule has 112 valence electrons. The Morgan fingerprint density at radius 3 is 2.00 bits per heavy atom. The SMILES string of the molecule is CCCCCCCCCCC(CCC)C(=N)C=NC. The molecule has 2 heteroatoms. The van der Waals surface area contributed by atoms with Crippen LogP contribution in [0, 0.1) is 11.3 Å². The normalized spacial score (nSPS) is 13.0. The molecule has 0 aromatic rings. The lowest BCUT2D eigenvalue weighted by molar-refractivity contribution is 0.506. The van der Waals surface area contributed by atoms with E-state index >= 15 is 0 Å². The van der Waals surface area contributed by atoms with Crippen LogP contribution in [0.2, 0.25) is 0 Å². The number of hydrogen-bond donors (Lipinski definition) is 1. The molecule has 1 unspecified atom stereocenters. The Balaban J connectivity index is 3.61. The molecule has 2 nitrogen and oxygen atoms in total. The molecular weight excluding hydrogens is 232 g/mol. The van der Waals surface area contributed by atoms with E-state index in [1.807, 2.05) is 0 Å². The van der Waals surface area contributed by atoms with E-state index in [1.54, 1.807) is 13.3 Å². The molecule has 0 aliphatic rings. The van der Waals surface area contributed by atoms with E-state index in [1.165, 1.54) is 64.2 Å². The Hall–Kier alpha value is -0.660. The molecule has 0 aliphatic carbocycles. The third kappa shape index (κ3) is 10.9. The first-order valence-corrected chi connectivity index (χ1v) is 8.26. The van der Waals surface area contributed by atoms with Gasteiger partial charge in [-0.25, -0.2) is 0 Å². The molecule has 0 aromatic heterocycles. The maximum Gasteiger partial charge on any atom is 0.0522 e. The standard InChI is InChI=1S/C17H34N2/c1-4-6-7-8-9-10-11-12-14-16(13-5-2)17(18)15-19-3/h15-16,18H,4-14H2,1-3H3. The van der Waals surface area contributed by atoms with Crippen molar-refractivity contribution in [3.63, 3.8) is 0 Å². The van der Waals surface area contributed by atoms with Crippen molar-refractivity contribution in [2.45, 2.75) is 84.5 Å². The lowest BCUT2D eigenvalue weighted by Crippen LogP contribution is -2.14. The summed E-state index contributed by atoms with van der Waals surface area (Å²) in [5.41, 5.74) is 0.729. The van der Waals surface area contributed by atoms with E-state index < -0.39 is 0 Å². The fourth-order valence-corrected chi connectivity index (χ4v) is 2.57. The summed E-state index contributed by atoms with van der Waals surface area (Å²) in [6.07, 6.45) is 16.1. The van der Waals surface area contributed by atoms with Crippen molar-refractivity contribution in [1.29, 1.82) is 5.41 Å². The van der Waals surface area contributed by atoms with Gasteiger partial charge in [-0.05, 0) is 12.8 Å². The van der Waals surface area contributed by atoms with Crippen molar-refractivity contribution in [2.75, 3.05) is 7.05 Å². The highest BCUT2D eigenvalue weighted by atomic mass is 14.7. The number of unbranched alkanes of at least 4 members (excludes halogenated alkanes) is 7. The first-order valence-electron chi connectivity index (χ1n) is 8.26. The van der Waals surface area contributed by atoms with Crippen LogP contribution in [0.15, 0.2) is 4.99 Å². The van der Waals surface area contributed by atoms with Crippen LogP contribution < -0.4 is 0 Å². The minimum atomic E-state index is 0.439. The Labute approximate surface area is 120 Å². The van der Waals surface area contributed by atoms with E-state index in [0.29, 0.717) is 5.92 Å². The first kappa shape index (κ1) is 18.3. The van der Waals surface area contributed by atoms with Crippen molar-refractivity contribution >= 4 is 11.9 Å². The van der Waals surface area contributed by atoms with Gasteiger partial charge in [-0.1, -0.05) is 71.6 Å². The maximum atomic E-state index is 7.99. The fraction of sp³-hybridized carbons (Fsp3) is 0.882. The van der Waals surface area contributed by atoms with Gasteiger partial charge in [-0.15, -0.1) is 0 Å². The van der Waals surface area contributed by atoms with Crippen molar-refractivity contribution in [2.24, 2.45) is 10.9 Å².